The van der Waals surface area contributed by atoms with Crippen molar-refractivity contribution < 1.29 is 14.3 Å². The number of ether oxygens (including phenoxy) is 2. The van der Waals surface area contributed by atoms with E-state index in [0.717, 1.165) is 5.57 Å². The van der Waals surface area contributed by atoms with Crippen molar-refractivity contribution in [1.29, 1.82) is 5.26 Å². The highest BCUT2D eigenvalue weighted by Gasteiger charge is 2.34. The maximum absolute atomic E-state index is 11.3. The Morgan fingerprint density at radius 1 is 1.64 bits per heavy atom. The molecule has 0 saturated carbocycles. The standard InChI is InChI=1S/C10H13NO3/c1-10(2)8(4-5-14-10)7(6-11)9(12)13-3/h4-5H2,1-3H3/b8-7-. The van der Waals surface area contributed by atoms with Crippen molar-refractivity contribution in [3.8, 4) is 6.07 Å². The van der Waals surface area contributed by atoms with E-state index in [1.54, 1.807) is 0 Å². The number of carbonyl (C=O) groups is 1. The van der Waals surface area contributed by atoms with Crippen LogP contribution in [0.25, 0.3) is 0 Å². The van der Waals surface area contributed by atoms with Crippen LogP contribution in [0.1, 0.15) is 20.3 Å². The van der Waals surface area contributed by atoms with Crippen LogP contribution in [0.4, 0.5) is 0 Å². The van der Waals surface area contributed by atoms with E-state index in [-0.39, 0.29) is 5.57 Å². The number of hydrogen-bond donors (Lipinski definition) is 0. The van der Waals surface area contributed by atoms with Gasteiger partial charge in [-0.25, -0.2) is 4.79 Å². The summed E-state index contributed by atoms with van der Waals surface area (Å²) in [4.78, 5) is 11.3. The van der Waals surface area contributed by atoms with Crippen LogP contribution in [-0.2, 0) is 14.3 Å². The van der Waals surface area contributed by atoms with Gasteiger partial charge in [0.1, 0.15) is 11.6 Å². The van der Waals surface area contributed by atoms with E-state index in [0.29, 0.717) is 13.0 Å². The van der Waals surface area contributed by atoms with Crippen molar-refractivity contribution in [2.45, 2.75) is 25.9 Å². The molecule has 76 valence electrons. The van der Waals surface area contributed by atoms with Crippen molar-refractivity contribution in [3.63, 3.8) is 0 Å². The van der Waals surface area contributed by atoms with Crippen LogP contribution in [0.5, 0.6) is 0 Å². The van der Waals surface area contributed by atoms with Crippen LogP contribution in [0.2, 0.25) is 0 Å². The minimum atomic E-state index is -0.582. The number of esters is 1. The molecule has 4 nitrogen and oxygen atoms in total. The molecule has 0 aromatic heterocycles. The fourth-order valence-electron chi connectivity index (χ4n) is 1.56. The quantitative estimate of drug-likeness (QED) is 0.358. The average Bonchev–Trinajstić information content (AvgIpc) is 2.47. The van der Waals surface area contributed by atoms with Gasteiger partial charge in [0.05, 0.1) is 19.3 Å². The lowest BCUT2D eigenvalue weighted by molar-refractivity contribution is -0.135. The Kier molecular flexibility index (Phi) is 2.92. The molecule has 14 heavy (non-hydrogen) atoms. The number of nitriles is 1. The molecule has 0 N–H and O–H groups in total. The van der Waals surface area contributed by atoms with Gasteiger partial charge >= 0.3 is 5.97 Å². The summed E-state index contributed by atoms with van der Waals surface area (Å²) in [6, 6.07) is 1.88. The second-order valence-corrected chi connectivity index (χ2v) is 3.57. The Balaban J connectivity index is 3.13. The zero-order valence-electron chi connectivity index (χ0n) is 8.59. The van der Waals surface area contributed by atoms with Crippen LogP contribution in [0.3, 0.4) is 0 Å². The first-order valence-corrected chi connectivity index (χ1v) is 4.39. The Morgan fingerprint density at radius 3 is 2.64 bits per heavy atom. The van der Waals surface area contributed by atoms with E-state index in [1.807, 2.05) is 19.9 Å². The van der Waals surface area contributed by atoms with Gasteiger partial charge in [-0.05, 0) is 25.8 Å². The van der Waals surface area contributed by atoms with Crippen molar-refractivity contribution in [2.75, 3.05) is 13.7 Å². The smallest absolute Gasteiger partial charge is 0.348 e. The molecule has 0 bridgehead atoms. The first-order valence-electron chi connectivity index (χ1n) is 4.39. The Hall–Kier alpha value is -1.34. The van der Waals surface area contributed by atoms with Gasteiger partial charge in [-0.2, -0.15) is 5.26 Å². The zero-order chi connectivity index (χ0) is 10.8. The normalized spacial score (nSPS) is 22.7. The van der Waals surface area contributed by atoms with Gasteiger partial charge in [0.2, 0.25) is 0 Å². The number of rotatable bonds is 1. The van der Waals surface area contributed by atoms with E-state index in [1.165, 1.54) is 7.11 Å². The Labute approximate surface area is 83.1 Å². The highest BCUT2D eigenvalue weighted by Crippen LogP contribution is 2.33. The van der Waals surface area contributed by atoms with Crippen LogP contribution in [0.15, 0.2) is 11.1 Å². The molecule has 0 aromatic rings. The Morgan fingerprint density at radius 2 is 2.29 bits per heavy atom. The minimum absolute atomic E-state index is 0.0787. The molecule has 4 heteroatoms. The third-order valence-electron chi connectivity index (χ3n) is 2.34. The summed E-state index contributed by atoms with van der Waals surface area (Å²) in [5.41, 5.74) is 0.279. The van der Waals surface area contributed by atoms with Gasteiger partial charge in [0, 0.05) is 0 Å². The minimum Gasteiger partial charge on any atom is -0.465 e. The summed E-state index contributed by atoms with van der Waals surface area (Å²) in [5, 5.41) is 8.86. The molecule has 1 heterocycles. The maximum atomic E-state index is 11.3. The molecule has 0 spiro atoms. The first-order chi connectivity index (χ1) is 6.53. The molecule has 0 aliphatic carbocycles. The molecule has 1 aliphatic heterocycles. The summed E-state index contributed by atoms with van der Waals surface area (Å²) in [5.74, 6) is -0.582. The zero-order valence-corrected chi connectivity index (χ0v) is 8.59. The molecule has 1 saturated heterocycles. The van der Waals surface area contributed by atoms with E-state index in [2.05, 4.69) is 4.74 Å². The Bertz CT molecular complexity index is 323. The third-order valence-corrected chi connectivity index (χ3v) is 2.34. The number of carbonyl (C=O) groups excluding carboxylic acids is 1. The molecule has 0 amide bonds. The van der Waals surface area contributed by atoms with Gasteiger partial charge in [0.15, 0.2) is 0 Å². The molecule has 0 aromatic carbocycles. The van der Waals surface area contributed by atoms with Crippen molar-refractivity contribution in [1.82, 2.24) is 0 Å². The van der Waals surface area contributed by atoms with Gasteiger partial charge in [-0.3, -0.25) is 0 Å². The fraction of sp³-hybridized carbons (Fsp3) is 0.600. The molecule has 0 atom stereocenters. The van der Waals surface area contributed by atoms with Crippen LogP contribution >= 0.6 is 0 Å². The van der Waals surface area contributed by atoms with Gasteiger partial charge in [0.25, 0.3) is 0 Å². The van der Waals surface area contributed by atoms with Crippen molar-refractivity contribution in [2.24, 2.45) is 0 Å². The summed E-state index contributed by atoms with van der Waals surface area (Å²) in [6.07, 6.45) is 0.616. The van der Waals surface area contributed by atoms with E-state index in [9.17, 15) is 4.79 Å². The average molecular weight is 195 g/mol. The van der Waals surface area contributed by atoms with Crippen LogP contribution < -0.4 is 0 Å². The fourth-order valence-corrected chi connectivity index (χ4v) is 1.56. The largest absolute Gasteiger partial charge is 0.465 e. The van der Waals surface area contributed by atoms with Crippen molar-refractivity contribution in [3.05, 3.63) is 11.1 Å². The SMILES string of the molecule is COC(=O)/C(C#N)=C1/CCOC1(C)C. The number of hydrogen-bond acceptors (Lipinski definition) is 4. The molecule has 0 radical (unpaired) electrons. The van der Waals surface area contributed by atoms with Crippen molar-refractivity contribution >= 4 is 5.97 Å². The molecular formula is C10H13NO3. The maximum Gasteiger partial charge on any atom is 0.348 e. The van der Waals surface area contributed by atoms with E-state index in [4.69, 9.17) is 10.00 Å². The lowest BCUT2D eigenvalue weighted by atomic mass is 9.93. The second-order valence-electron chi connectivity index (χ2n) is 3.57. The summed E-state index contributed by atoms with van der Waals surface area (Å²) in [7, 11) is 1.27. The lowest BCUT2D eigenvalue weighted by Crippen LogP contribution is -2.23. The highest BCUT2D eigenvalue weighted by atomic mass is 16.5. The summed E-state index contributed by atoms with van der Waals surface area (Å²) in [6.45, 7) is 4.23. The van der Waals surface area contributed by atoms with Gasteiger partial charge < -0.3 is 9.47 Å². The summed E-state index contributed by atoms with van der Waals surface area (Å²) < 4.78 is 9.95. The number of nitrogens with zero attached hydrogens (tertiary/aromatic N) is 1. The second kappa shape index (κ2) is 3.81. The third kappa shape index (κ3) is 1.78. The first kappa shape index (κ1) is 10.7. The van der Waals surface area contributed by atoms with Crippen LogP contribution in [-0.4, -0.2) is 25.3 Å². The van der Waals surface area contributed by atoms with E-state index >= 15 is 0 Å². The molecule has 1 rings (SSSR count). The van der Waals surface area contributed by atoms with Gasteiger partial charge in [-0.1, -0.05) is 0 Å². The predicted octanol–water partition coefficient (Wildman–Crippen LogP) is 1.18. The topological polar surface area (TPSA) is 59.3 Å². The molecule has 0 unspecified atom stereocenters. The highest BCUT2D eigenvalue weighted by molar-refractivity contribution is 5.94. The number of methoxy groups -OCH3 is 1. The summed E-state index contributed by atoms with van der Waals surface area (Å²) >= 11 is 0. The predicted molar refractivity (Wildman–Crippen MR) is 49.3 cm³/mol. The molecule has 1 aliphatic rings. The molecule has 1 fully saturated rings. The van der Waals surface area contributed by atoms with E-state index < -0.39 is 11.6 Å². The monoisotopic (exact) mass is 195 g/mol. The van der Waals surface area contributed by atoms with Crippen LogP contribution in [0, 0.1) is 11.3 Å². The van der Waals surface area contributed by atoms with Gasteiger partial charge in [-0.15, -0.1) is 0 Å². The molecular weight excluding hydrogens is 182 g/mol. The lowest BCUT2D eigenvalue weighted by Gasteiger charge is -2.19.